The maximum Gasteiger partial charge on any atom is 0.223 e. The van der Waals surface area contributed by atoms with Crippen LogP contribution in [0.25, 0.3) is 0 Å². The van der Waals surface area contributed by atoms with Crippen LogP contribution in [0.3, 0.4) is 0 Å². The van der Waals surface area contributed by atoms with Gasteiger partial charge in [-0.1, -0.05) is 30.3 Å². The van der Waals surface area contributed by atoms with Gasteiger partial charge in [-0.05, 0) is 38.3 Å². The number of carbonyl (C=O) groups is 1. The predicted molar refractivity (Wildman–Crippen MR) is 77.1 cm³/mol. The smallest absolute Gasteiger partial charge is 0.223 e. The highest BCUT2D eigenvalue weighted by atomic mass is 16.3. The average Bonchev–Trinajstić information content (AvgIpc) is 3.26. The van der Waals surface area contributed by atoms with Crippen LogP contribution in [0.1, 0.15) is 37.8 Å². The van der Waals surface area contributed by atoms with Crippen molar-refractivity contribution in [2.24, 2.45) is 5.92 Å². The van der Waals surface area contributed by atoms with Crippen molar-refractivity contribution >= 4 is 5.91 Å². The molecule has 0 radical (unpaired) electrons. The molecular formula is C16H22N2O2. The molecule has 1 saturated carbocycles. The summed E-state index contributed by atoms with van der Waals surface area (Å²) in [7, 11) is 0. The fraction of sp³-hybridized carbons (Fsp3) is 0.562. The van der Waals surface area contributed by atoms with Crippen LogP contribution in [-0.4, -0.2) is 29.2 Å². The van der Waals surface area contributed by atoms with Gasteiger partial charge in [0.2, 0.25) is 5.91 Å². The first-order valence-corrected chi connectivity index (χ1v) is 7.39. The lowest BCUT2D eigenvalue weighted by molar-refractivity contribution is -0.126. The van der Waals surface area contributed by atoms with Gasteiger partial charge in [0.1, 0.15) is 0 Å². The molecule has 1 aromatic rings. The van der Waals surface area contributed by atoms with E-state index < -0.39 is 5.60 Å². The van der Waals surface area contributed by atoms with Crippen LogP contribution in [0.4, 0.5) is 0 Å². The lowest BCUT2D eigenvalue weighted by atomic mass is 9.81. The van der Waals surface area contributed by atoms with E-state index in [1.165, 1.54) is 0 Å². The van der Waals surface area contributed by atoms with Gasteiger partial charge in [0.15, 0.2) is 0 Å². The average molecular weight is 274 g/mol. The topological polar surface area (TPSA) is 61.4 Å². The minimum absolute atomic E-state index is 0.0392. The summed E-state index contributed by atoms with van der Waals surface area (Å²) in [6, 6.07) is 9.70. The fourth-order valence-corrected chi connectivity index (χ4v) is 2.94. The minimum Gasteiger partial charge on any atom is -0.388 e. The van der Waals surface area contributed by atoms with Gasteiger partial charge in [0, 0.05) is 5.92 Å². The molecule has 0 bridgehead atoms. The standard InChI is InChI=1S/C16H22N2O2/c1-16(20)9-10-17-13(11-5-3-2-4-6-11)14(16)18-15(19)12-7-8-12/h2-6,12-14,17,20H,7-10H2,1H3,(H,18,19). The second-order valence-corrected chi connectivity index (χ2v) is 6.21. The van der Waals surface area contributed by atoms with E-state index in [0.29, 0.717) is 6.42 Å². The van der Waals surface area contributed by atoms with Crippen LogP contribution in [0, 0.1) is 5.92 Å². The number of amides is 1. The van der Waals surface area contributed by atoms with E-state index in [1.54, 1.807) is 0 Å². The first-order chi connectivity index (χ1) is 9.58. The molecule has 1 aromatic carbocycles. The number of carbonyl (C=O) groups excluding carboxylic acids is 1. The van der Waals surface area contributed by atoms with Gasteiger partial charge in [-0.15, -0.1) is 0 Å². The number of piperidine rings is 1. The molecule has 0 spiro atoms. The maximum absolute atomic E-state index is 12.1. The van der Waals surface area contributed by atoms with Crippen molar-refractivity contribution in [2.75, 3.05) is 6.54 Å². The number of hydrogen-bond donors (Lipinski definition) is 3. The Bertz CT molecular complexity index is 483. The van der Waals surface area contributed by atoms with Crippen LogP contribution >= 0.6 is 0 Å². The van der Waals surface area contributed by atoms with Gasteiger partial charge in [0.05, 0.1) is 17.7 Å². The summed E-state index contributed by atoms with van der Waals surface area (Å²) < 4.78 is 0. The van der Waals surface area contributed by atoms with Crippen LogP contribution in [0.2, 0.25) is 0 Å². The third kappa shape index (κ3) is 2.72. The van der Waals surface area contributed by atoms with E-state index in [9.17, 15) is 9.90 Å². The summed E-state index contributed by atoms with van der Waals surface area (Å²) >= 11 is 0. The Labute approximate surface area is 119 Å². The van der Waals surface area contributed by atoms with Gasteiger partial charge < -0.3 is 15.7 Å². The first kappa shape index (κ1) is 13.6. The molecule has 108 valence electrons. The van der Waals surface area contributed by atoms with Crippen molar-refractivity contribution in [1.82, 2.24) is 10.6 Å². The molecule has 2 aliphatic rings. The van der Waals surface area contributed by atoms with Crippen LogP contribution < -0.4 is 10.6 Å². The SMILES string of the molecule is CC1(O)CCNC(c2ccccc2)C1NC(=O)C1CC1. The summed E-state index contributed by atoms with van der Waals surface area (Å²) in [6.45, 7) is 2.57. The van der Waals surface area contributed by atoms with Crippen molar-refractivity contribution in [3.63, 3.8) is 0 Å². The quantitative estimate of drug-likeness (QED) is 0.780. The number of nitrogens with one attached hydrogen (secondary N) is 2. The first-order valence-electron chi connectivity index (χ1n) is 7.39. The van der Waals surface area contributed by atoms with E-state index in [1.807, 2.05) is 37.3 Å². The Kier molecular flexibility index (Phi) is 3.52. The second-order valence-electron chi connectivity index (χ2n) is 6.21. The lowest BCUT2D eigenvalue weighted by Crippen LogP contribution is -2.61. The largest absolute Gasteiger partial charge is 0.388 e. The molecule has 4 nitrogen and oxygen atoms in total. The molecule has 1 amide bonds. The molecule has 3 N–H and O–H groups in total. The molecule has 1 heterocycles. The molecule has 3 rings (SSSR count). The molecule has 1 saturated heterocycles. The zero-order chi connectivity index (χ0) is 14.2. The molecule has 4 heteroatoms. The summed E-state index contributed by atoms with van der Waals surface area (Å²) in [4.78, 5) is 12.1. The zero-order valence-electron chi connectivity index (χ0n) is 11.8. The molecule has 1 aliphatic carbocycles. The Morgan fingerprint density at radius 3 is 2.70 bits per heavy atom. The Hall–Kier alpha value is -1.39. The summed E-state index contributed by atoms with van der Waals surface area (Å²) in [5.41, 5.74) is 0.226. The maximum atomic E-state index is 12.1. The van der Waals surface area contributed by atoms with Crippen molar-refractivity contribution in [3.8, 4) is 0 Å². The van der Waals surface area contributed by atoms with Crippen molar-refractivity contribution in [1.29, 1.82) is 0 Å². The van der Waals surface area contributed by atoms with Crippen molar-refractivity contribution in [3.05, 3.63) is 35.9 Å². The molecule has 0 aromatic heterocycles. The van der Waals surface area contributed by atoms with E-state index in [2.05, 4.69) is 10.6 Å². The van der Waals surface area contributed by atoms with E-state index in [-0.39, 0.29) is 23.9 Å². The highest BCUT2D eigenvalue weighted by Gasteiger charge is 2.44. The Morgan fingerprint density at radius 1 is 1.35 bits per heavy atom. The Morgan fingerprint density at radius 2 is 2.05 bits per heavy atom. The van der Waals surface area contributed by atoms with Gasteiger partial charge in [-0.25, -0.2) is 0 Å². The van der Waals surface area contributed by atoms with Gasteiger partial charge >= 0.3 is 0 Å². The summed E-state index contributed by atoms with van der Waals surface area (Å²) in [5.74, 6) is 0.240. The van der Waals surface area contributed by atoms with Crippen molar-refractivity contribution in [2.45, 2.75) is 43.9 Å². The fourth-order valence-electron chi connectivity index (χ4n) is 2.94. The van der Waals surface area contributed by atoms with Gasteiger partial charge in [-0.3, -0.25) is 4.79 Å². The van der Waals surface area contributed by atoms with Crippen LogP contribution in [0.15, 0.2) is 30.3 Å². The van der Waals surface area contributed by atoms with Gasteiger partial charge in [0.25, 0.3) is 0 Å². The predicted octanol–water partition coefficient (Wildman–Crippen LogP) is 1.37. The molecule has 3 unspecified atom stereocenters. The molecule has 3 atom stereocenters. The van der Waals surface area contributed by atoms with E-state index in [4.69, 9.17) is 0 Å². The second kappa shape index (κ2) is 5.19. The number of benzene rings is 1. The van der Waals surface area contributed by atoms with E-state index in [0.717, 1.165) is 24.9 Å². The molecule has 20 heavy (non-hydrogen) atoms. The normalized spacial score (nSPS) is 33.7. The third-order valence-electron chi connectivity index (χ3n) is 4.40. The third-order valence-corrected chi connectivity index (χ3v) is 4.40. The number of rotatable bonds is 3. The highest BCUT2D eigenvalue weighted by Crippen LogP contribution is 2.33. The van der Waals surface area contributed by atoms with Crippen LogP contribution in [-0.2, 0) is 4.79 Å². The Balaban J connectivity index is 1.83. The van der Waals surface area contributed by atoms with Crippen molar-refractivity contribution < 1.29 is 9.90 Å². The summed E-state index contributed by atoms with van der Waals surface area (Å²) in [6.07, 6.45) is 2.60. The number of hydrogen-bond acceptors (Lipinski definition) is 3. The zero-order valence-corrected chi connectivity index (χ0v) is 11.8. The molecular weight excluding hydrogens is 252 g/mol. The minimum atomic E-state index is -0.879. The van der Waals surface area contributed by atoms with Gasteiger partial charge in [-0.2, -0.15) is 0 Å². The lowest BCUT2D eigenvalue weighted by Gasteiger charge is -2.43. The van der Waals surface area contributed by atoms with E-state index >= 15 is 0 Å². The number of aliphatic hydroxyl groups is 1. The highest BCUT2D eigenvalue weighted by molar-refractivity contribution is 5.81. The monoisotopic (exact) mass is 274 g/mol. The van der Waals surface area contributed by atoms with Crippen LogP contribution in [0.5, 0.6) is 0 Å². The summed E-state index contributed by atoms with van der Waals surface area (Å²) in [5, 5.41) is 17.2. The molecule has 2 fully saturated rings. The molecule has 1 aliphatic heterocycles.